The third-order valence-electron chi connectivity index (χ3n) is 6.41. The van der Waals surface area contributed by atoms with E-state index >= 15 is 0 Å². The van der Waals surface area contributed by atoms with Crippen molar-refractivity contribution in [3.05, 3.63) is 64.4 Å². The molecule has 0 radical (unpaired) electrons. The van der Waals surface area contributed by atoms with Gasteiger partial charge in [0.1, 0.15) is 11.3 Å². The number of hydrogen-bond acceptors (Lipinski definition) is 5. The number of anilines is 1. The van der Waals surface area contributed by atoms with Gasteiger partial charge < -0.3 is 14.6 Å². The van der Waals surface area contributed by atoms with Crippen LogP contribution in [0.25, 0.3) is 10.9 Å². The van der Waals surface area contributed by atoms with E-state index in [1.807, 2.05) is 6.92 Å². The smallest absolute Gasteiger partial charge is 0.264 e. The molecule has 0 spiro atoms. The van der Waals surface area contributed by atoms with Gasteiger partial charge in [-0.15, -0.1) is 0 Å². The molecule has 1 amide bonds. The SMILES string of the molecule is CCOc1ccc(N(C)S(=O)(=O)c2ccc3[nH]cc(C(=O)N4CC(C)CC(C)C4)c(=O)c3c2)cc1. The maximum atomic E-state index is 13.3. The number of aromatic nitrogens is 1. The van der Waals surface area contributed by atoms with Crippen molar-refractivity contribution in [2.24, 2.45) is 11.8 Å². The van der Waals surface area contributed by atoms with Crippen LogP contribution in [0.2, 0.25) is 0 Å². The van der Waals surface area contributed by atoms with Crippen molar-refractivity contribution in [1.82, 2.24) is 9.88 Å². The predicted molar refractivity (Wildman–Crippen MR) is 137 cm³/mol. The number of carbonyl (C=O) groups excluding carboxylic acids is 1. The molecular weight excluding hydrogens is 466 g/mol. The summed E-state index contributed by atoms with van der Waals surface area (Å²) >= 11 is 0. The quantitative estimate of drug-likeness (QED) is 0.557. The van der Waals surface area contributed by atoms with Crippen molar-refractivity contribution >= 4 is 32.5 Å². The predicted octanol–water partition coefficient (Wildman–Crippen LogP) is 3.87. The Morgan fingerprint density at radius 3 is 2.40 bits per heavy atom. The fourth-order valence-electron chi connectivity index (χ4n) is 4.73. The molecule has 8 nitrogen and oxygen atoms in total. The monoisotopic (exact) mass is 497 g/mol. The Bertz CT molecular complexity index is 1390. The second-order valence-electron chi connectivity index (χ2n) is 9.29. The highest BCUT2D eigenvalue weighted by Crippen LogP contribution is 2.26. The molecular formula is C26H31N3O5S. The molecule has 1 aliphatic heterocycles. The second kappa shape index (κ2) is 9.73. The van der Waals surface area contributed by atoms with Crippen LogP contribution in [-0.2, 0) is 10.0 Å². The summed E-state index contributed by atoms with van der Waals surface area (Å²) in [4.78, 5) is 31.2. The topological polar surface area (TPSA) is 99.8 Å². The van der Waals surface area contributed by atoms with Crippen LogP contribution in [0.1, 0.15) is 37.6 Å². The average Bonchev–Trinajstić information content (AvgIpc) is 2.83. The van der Waals surface area contributed by atoms with E-state index in [1.165, 1.54) is 25.4 Å². The number of H-pyrrole nitrogens is 1. The van der Waals surface area contributed by atoms with Crippen LogP contribution in [-0.4, -0.2) is 51.0 Å². The van der Waals surface area contributed by atoms with E-state index in [2.05, 4.69) is 18.8 Å². The zero-order chi connectivity index (χ0) is 25.3. The lowest BCUT2D eigenvalue weighted by Gasteiger charge is -2.34. The summed E-state index contributed by atoms with van der Waals surface area (Å²) in [5.74, 6) is 1.04. The lowest BCUT2D eigenvalue weighted by molar-refractivity contribution is 0.0621. The first-order valence-electron chi connectivity index (χ1n) is 11.8. The molecule has 0 bridgehead atoms. The van der Waals surface area contributed by atoms with Crippen LogP contribution in [0.5, 0.6) is 5.75 Å². The first-order valence-corrected chi connectivity index (χ1v) is 13.2. The Morgan fingerprint density at radius 2 is 1.77 bits per heavy atom. The number of hydrogen-bond donors (Lipinski definition) is 1. The van der Waals surface area contributed by atoms with E-state index in [-0.39, 0.29) is 21.8 Å². The average molecular weight is 498 g/mol. The Labute approximate surface area is 205 Å². The molecule has 1 saturated heterocycles. The van der Waals surface area contributed by atoms with Crippen molar-refractivity contribution < 1.29 is 17.9 Å². The molecule has 0 saturated carbocycles. The van der Waals surface area contributed by atoms with Gasteiger partial charge in [0.25, 0.3) is 15.9 Å². The third-order valence-corrected chi connectivity index (χ3v) is 8.19. The van der Waals surface area contributed by atoms with Gasteiger partial charge in [-0.25, -0.2) is 8.42 Å². The van der Waals surface area contributed by atoms with Gasteiger partial charge in [-0.3, -0.25) is 13.9 Å². The van der Waals surface area contributed by atoms with Gasteiger partial charge in [0.15, 0.2) is 0 Å². The van der Waals surface area contributed by atoms with Crippen molar-refractivity contribution in [3.63, 3.8) is 0 Å². The Hall–Kier alpha value is -3.33. The minimum absolute atomic E-state index is 0.0215. The molecule has 0 aliphatic carbocycles. The summed E-state index contributed by atoms with van der Waals surface area (Å²) in [5.41, 5.74) is 0.470. The molecule has 2 aromatic carbocycles. The summed E-state index contributed by atoms with van der Waals surface area (Å²) in [6.07, 6.45) is 2.47. The number of ether oxygens (including phenoxy) is 1. The van der Waals surface area contributed by atoms with Crippen LogP contribution in [0.4, 0.5) is 5.69 Å². The van der Waals surface area contributed by atoms with E-state index < -0.39 is 15.5 Å². The van der Waals surface area contributed by atoms with E-state index in [0.29, 0.717) is 48.5 Å². The molecule has 4 rings (SSSR count). The number of pyridine rings is 1. The molecule has 3 aromatic rings. The maximum Gasteiger partial charge on any atom is 0.264 e. The van der Waals surface area contributed by atoms with Gasteiger partial charge in [0.2, 0.25) is 5.43 Å². The molecule has 9 heteroatoms. The summed E-state index contributed by atoms with van der Waals surface area (Å²) < 4.78 is 33.3. The molecule has 35 heavy (non-hydrogen) atoms. The first-order chi connectivity index (χ1) is 16.6. The van der Waals surface area contributed by atoms with E-state index in [1.54, 1.807) is 35.2 Å². The molecule has 1 aliphatic rings. The number of nitrogens with one attached hydrogen (secondary N) is 1. The number of nitrogens with zero attached hydrogens (tertiary/aromatic N) is 2. The summed E-state index contributed by atoms with van der Waals surface area (Å²) in [6, 6.07) is 11.1. The standard InChI is InChI=1S/C26H31N3O5S/c1-5-34-20-8-6-19(7-9-20)28(4)35(32,33)21-10-11-24-22(13-21)25(30)23(14-27-24)26(31)29-15-17(2)12-18(3)16-29/h6-11,13-14,17-18H,5,12,15-16H2,1-4H3,(H,27,30). The Kier molecular flexibility index (Phi) is 6.89. The molecule has 2 atom stereocenters. The van der Waals surface area contributed by atoms with Crippen LogP contribution >= 0.6 is 0 Å². The van der Waals surface area contributed by atoms with Crippen LogP contribution in [0.15, 0.2) is 58.4 Å². The molecule has 2 unspecified atom stereocenters. The number of likely N-dealkylation sites (tertiary alicyclic amines) is 1. The van der Waals surface area contributed by atoms with E-state index in [9.17, 15) is 18.0 Å². The minimum atomic E-state index is -3.95. The molecule has 2 heterocycles. The van der Waals surface area contributed by atoms with Crippen LogP contribution in [0.3, 0.4) is 0 Å². The van der Waals surface area contributed by atoms with Gasteiger partial charge in [0.05, 0.1) is 17.2 Å². The number of carbonyl (C=O) groups is 1. The number of rotatable bonds is 6. The molecule has 1 aromatic heterocycles. The number of fused-ring (bicyclic) bond motifs is 1. The normalized spacial score (nSPS) is 18.5. The summed E-state index contributed by atoms with van der Waals surface area (Å²) in [6.45, 7) is 7.78. The van der Waals surface area contributed by atoms with Gasteiger partial charge in [-0.2, -0.15) is 0 Å². The van der Waals surface area contributed by atoms with Crippen molar-refractivity contribution in [2.75, 3.05) is 31.0 Å². The minimum Gasteiger partial charge on any atom is -0.494 e. The third kappa shape index (κ3) is 4.91. The summed E-state index contributed by atoms with van der Waals surface area (Å²) in [7, 11) is -2.49. The highest BCUT2D eigenvalue weighted by atomic mass is 32.2. The highest BCUT2D eigenvalue weighted by molar-refractivity contribution is 7.92. The maximum absolute atomic E-state index is 13.3. The molecule has 186 valence electrons. The van der Waals surface area contributed by atoms with Crippen LogP contribution < -0.4 is 14.5 Å². The van der Waals surface area contributed by atoms with Gasteiger partial charge in [-0.05, 0) is 67.6 Å². The molecule has 1 fully saturated rings. The first kappa shape index (κ1) is 24.8. The fourth-order valence-corrected chi connectivity index (χ4v) is 5.95. The number of piperidine rings is 1. The lowest BCUT2D eigenvalue weighted by Crippen LogP contribution is -2.44. The van der Waals surface area contributed by atoms with E-state index in [0.717, 1.165) is 10.7 Å². The van der Waals surface area contributed by atoms with Crippen molar-refractivity contribution in [3.8, 4) is 5.75 Å². The number of benzene rings is 2. The van der Waals surface area contributed by atoms with Crippen molar-refractivity contribution in [2.45, 2.75) is 32.1 Å². The van der Waals surface area contributed by atoms with Gasteiger partial charge in [0, 0.05) is 37.2 Å². The van der Waals surface area contributed by atoms with Crippen LogP contribution in [0, 0.1) is 11.8 Å². The lowest BCUT2D eigenvalue weighted by atomic mass is 9.91. The Morgan fingerprint density at radius 1 is 1.11 bits per heavy atom. The van der Waals surface area contributed by atoms with Gasteiger partial charge in [-0.1, -0.05) is 13.8 Å². The fraction of sp³-hybridized carbons (Fsp3) is 0.385. The number of aromatic amines is 1. The van der Waals surface area contributed by atoms with Crippen molar-refractivity contribution in [1.29, 1.82) is 0 Å². The van der Waals surface area contributed by atoms with Gasteiger partial charge >= 0.3 is 0 Å². The summed E-state index contributed by atoms with van der Waals surface area (Å²) in [5, 5.41) is 0.162. The zero-order valence-corrected chi connectivity index (χ0v) is 21.3. The molecule has 1 N–H and O–H groups in total. The number of sulfonamides is 1. The zero-order valence-electron chi connectivity index (χ0n) is 20.4. The number of amides is 1. The van der Waals surface area contributed by atoms with E-state index in [4.69, 9.17) is 4.74 Å². The largest absolute Gasteiger partial charge is 0.494 e. The second-order valence-corrected chi connectivity index (χ2v) is 11.3. The Balaban J connectivity index is 1.68. The highest BCUT2D eigenvalue weighted by Gasteiger charge is 2.28.